The fraction of sp³-hybridized carbons (Fsp3) is 0.375. The Balaban J connectivity index is 2.07. The molecule has 0 bridgehead atoms. The van der Waals surface area contributed by atoms with Gasteiger partial charge in [0.1, 0.15) is 12.6 Å². The van der Waals surface area contributed by atoms with E-state index in [9.17, 15) is 18.0 Å². The molecule has 3 aromatic carbocycles. The maximum Gasteiger partial charge on any atom is 0.244 e. The molecule has 3 rings (SSSR count). The van der Waals surface area contributed by atoms with E-state index in [2.05, 4.69) is 5.32 Å². The number of carbonyl (C=O) groups is 2. The predicted molar refractivity (Wildman–Crippen MR) is 165 cm³/mol. The number of hydrogen-bond acceptors (Lipinski definition) is 6. The number of ether oxygens (including phenoxy) is 2. The van der Waals surface area contributed by atoms with Crippen LogP contribution in [0.3, 0.4) is 0 Å². The summed E-state index contributed by atoms with van der Waals surface area (Å²) in [5.41, 5.74) is 2.95. The van der Waals surface area contributed by atoms with Gasteiger partial charge in [-0.2, -0.15) is 0 Å². The Bertz CT molecular complexity index is 1450. The van der Waals surface area contributed by atoms with Crippen LogP contribution in [0, 0.1) is 6.92 Å². The number of sulfonamides is 1. The Morgan fingerprint density at radius 2 is 1.60 bits per heavy atom. The average molecular weight is 596 g/mol. The number of nitrogens with zero attached hydrogens (tertiary/aromatic N) is 2. The van der Waals surface area contributed by atoms with Crippen molar-refractivity contribution in [3.63, 3.8) is 0 Å². The first kappa shape index (κ1) is 32.5. The van der Waals surface area contributed by atoms with Crippen LogP contribution in [0.2, 0.25) is 0 Å². The third kappa shape index (κ3) is 8.72. The van der Waals surface area contributed by atoms with E-state index in [1.807, 2.05) is 68.4 Å². The van der Waals surface area contributed by atoms with E-state index in [-0.39, 0.29) is 24.6 Å². The molecule has 0 heterocycles. The maximum absolute atomic E-state index is 14.2. The molecule has 0 aliphatic heterocycles. The van der Waals surface area contributed by atoms with Crippen LogP contribution in [0.25, 0.3) is 0 Å². The zero-order valence-corrected chi connectivity index (χ0v) is 25.8. The molecule has 0 unspecified atom stereocenters. The van der Waals surface area contributed by atoms with Crippen molar-refractivity contribution in [2.24, 2.45) is 0 Å². The lowest BCUT2D eigenvalue weighted by atomic mass is 10.0. The number of anilines is 1. The minimum absolute atomic E-state index is 0.133. The van der Waals surface area contributed by atoms with Crippen LogP contribution in [0.5, 0.6) is 11.5 Å². The molecule has 9 nitrogen and oxygen atoms in total. The van der Waals surface area contributed by atoms with Gasteiger partial charge in [-0.25, -0.2) is 8.42 Å². The fourth-order valence-corrected chi connectivity index (χ4v) is 5.47. The third-order valence-electron chi connectivity index (χ3n) is 7.04. The molecular weight excluding hydrogens is 554 g/mol. The molecule has 0 fully saturated rings. The van der Waals surface area contributed by atoms with Crippen molar-refractivity contribution in [2.75, 3.05) is 37.9 Å². The Kier molecular flexibility index (Phi) is 11.8. The first-order valence-electron chi connectivity index (χ1n) is 13.9. The van der Waals surface area contributed by atoms with Gasteiger partial charge >= 0.3 is 0 Å². The lowest BCUT2D eigenvalue weighted by Crippen LogP contribution is -2.53. The quantitative estimate of drug-likeness (QED) is 0.262. The largest absolute Gasteiger partial charge is 0.493 e. The van der Waals surface area contributed by atoms with Crippen LogP contribution < -0.4 is 19.1 Å². The molecule has 226 valence electrons. The molecule has 0 spiro atoms. The minimum atomic E-state index is -3.91. The van der Waals surface area contributed by atoms with Gasteiger partial charge in [0.05, 0.1) is 26.2 Å². The summed E-state index contributed by atoms with van der Waals surface area (Å²) < 4.78 is 37.8. The molecule has 0 aliphatic rings. The molecule has 0 aliphatic carbocycles. The molecule has 0 radical (unpaired) electrons. The second-order valence-electron chi connectivity index (χ2n) is 10.1. The van der Waals surface area contributed by atoms with Gasteiger partial charge in [-0.15, -0.1) is 0 Å². The van der Waals surface area contributed by atoms with Crippen molar-refractivity contribution < 1.29 is 27.5 Å². The summed E-state index contributed by atoms with van der Waals surface area (Å²) >= 11 is 0. The van der Waals surface area contributed by atoms with Crippen molar-refractivity contribution in [3.8, 4) is 11.5 Å². The molecule has 1 atom stereocenters. The maximum atomic E-state index is 14.2. The van der Waals surface area contributed by atoms with Crippen molar-refractivity contribution in [1.29, 1.82) is 0 Å². The number of nitrogens with one attached hydrogen (secondary N) is 1. The van der Waals surface area contributed by atoms with Gasteiger partial charge in [0.25, 0.3) is 0 Å². The summed E-state index contributed by atoms with van der Waals surface area (Å²) in [4.78, 5) is 29.4. The van der Waals surface area contributed by atoms with Crippen LogP contribution in [-0.2, 0) is 32.6 Å². The van der Waals surface area contributed by atoms with Crippen molar-refractivity contribution in [3.05, 3.63) is 89.5 Å². The highest BCUT2D eigenvalue weighted by atomic mass is 32.2. The Labute approximate surface area is 249 Å². The number of carbonyl (C=O) groups excluding carboxylic acids is 2. The SMILES string of the molecule is CCCCNC(=O)[C@@H](Cc1ccccc1)N(Cc1ccccc1C)C(=O)CN(c1ccc(OC)c(OC)c1)S(C)(=O)=O. The highest BCUT2D eigenvalue weighted by Gasteiger charge is 2.33. The first-order chi connectivity index (χ1) is 20.1. The highest BCUT2D eigenvalue weighted by molar-refractivity contribution is 7.92. The molecule has 3 aromatic rings. The molecule has 1 N–H and O–H groups in total. The van der Waals surface area contributed by atoms with Crippen molar-refractivity contribution >= 4 is 27.5 Å². The van der Waals surface area contributed by atoms with E-state index >= 15 is 0 Å². The average Bonchev–Trinajstić information content (AvgIpc) is 2.98. The zero-order valence-electron chi connectivity index (χ0n) is 25.0. The van der Waals surface area contributed by atoms with E-state index in [1.54, 1.807) is 12.1 Å². The number of amides is 2. The van der Waals surface area contributed by atoms with Gasteiger partial charge in [0, 0.05) is 25.6 Å². The standard InChI is InChI=1S/C32H41N3O6S/c1-6-7-19-33-32(37)28(20-25-14-9-8-10-15-25)34(22-26-16-12-11-13-24(26)2)31(36)23-35(42(5,38)39)27-17-18-29(40-3)30(21-27)41-4/h8-18,21,28H,6-7,19-20,22-23H2,1-5H3,(H,33,37)/t28-/m1/s1. The van der Waals surface area contributed by atoms with Gasteiger partial charge in [-0.3, -0.25) is 13.9 Å². The molecule has 10 heteroatoms. The van der Waals surface area contributed by atoms with Gasteiger partial charge in [0.2, 0.25) is 21.8 Å². The number of unbranched alkanes of at least 4 members (excludes halogenated alkanes) is 1. The van der Waals surface area contributed by atoms with E-state index < -0.39 is 28.5 Å². The zero-order chi connectivity index (χ0) is 30.7. The number of aryl methyl sites for hydroxylation is 1. The summed E-state index contributed by atoms with van der Waals surface area (Å²) in [5, 5.41) is 2.99. The number of benzene rings is 3. The molecule has 0 aromatic heterocycles. The summed E-state index contributed by atoms with van der Waals surface area (Å²) in [7, 11) is -0.971. The predicted octanol–water partition coefficient (Wildman–Crippen LogP) is 4.33. The third-order valence-corrected chi connectivity index (χ3v) is 8.18. The van der Waals surface area contributed by atoms with E-state index in [0.717, 1.165) is 40.1 Å². The van der Waals surface area contributed by atoms with E-state index in [4.69, 9.17) is 9.47 Å². The monoisotopic (exact) mass is 595 g/mol. The van der Waals surface area contributed by atoms with Gasteiger partial charge < -0.3 is 19.7 Å². The van der Waals surface area contributed by atoms with E-state index in [0.29, 0.717) is 18.0 Å². The Hall–Kier alpha value is -4.05. The number of hydrogen-bond donors (Lipinski definition) is 1. The summed E-state index contributed by atoms with van der Waals surface area (Å²) in [6, 6.07) is 20.9. The van der Waals surface area contributed by atoms with Gasteiger partial charge in [0.15, 0.2) is 11.5 Å². The molecule has 0 saturated carbocycles. The second-order valence-corrected chi connectivity index (χ2v) is 12.0. The topological polar surface area (TPSA) is 105 Å². The fourth-order valence-electron chi connectivity index (χ4n) is 4.62. The summed E-state index contributed by atoms with van der Waals surface area (Å²) in [5.74, 6) is -0.0460. The van der Waals surface area contributed by atoms with Gasteiger partial charge in [-0.1, -0.05) is 67.9 Å². The van der Waals surface area contributed by atoms with E-state index in [1.165, 1.54) is 25.2 Å². The first-order valence-corrected chi connectivity index (χ1v) is 15.8. The van der Waals surface area contributed by atoms with Crippen LogP contribution in [0.4, 0.5) is 5.69 Å². The lowest BCUT2D eigenvalue weighted by molar-refractivity contribution is -0.140. The van der Waals surface area contributed by atoms with Crippen molar-refractivity contribution in [1.82, 2.24) is 10.2 Å². The van der Waals surface area contributed by atoms with Crippen LogP contribution >= 0.6 is 0 Å². The number of rotatable bonds is 15. The molecule has 2 amide bonds. The highest BCUT2D eigenvalue weighted by Crippen LogP contribution is 2.32. The van der Waals surface area contributed by atoms with Crippen LogP contribution in [0.15, 0.2) is 72.8 Å². The molecule has 42 heavy (non-hydrogen) atoms. The summed E-state index contributed by atoms with van der Waals surface area (Å²) in [6.45, 7) is 4.09. The lowest BCUT2D eigenvalue weighted by Gasteiger charge is -2.34. The Morgan fingerprint density at radius 1 is 0.929 bits per heavy atom. The van der Waals surface area contributed by atoms with Crippen LogP contribution in [-0.4, -0.2) is 64.7 Å². The number of methoxy groups -OCH3 is 2. The van der Waals surface area contributed by atoms with Gasteiger partial charge in [-0.05, 0) is 42.2 Å². The molecule has 0 saturated heterocycles. The van der Waals surface area contributed by atoms with Crippen molar-refractivity contribution in [2.45, 2.75) is 45.7 Å². The Morgan fingerprint density at radius 3 is 2.21 bits per heavy atom. The second kappa shape index (κ2) is 15.3. The smallest absolute Gasteiger partial charge is 0.244 e. The summed E-state index contributed by atoms with van der Waals surface area (Å²) in [6.07, 6.45) is 3.02. The normalized spacial score (nSPS) is 11.8. The van der Waals surface area contributed by atoms with Crippen LogP contribution in [0.1, 0.15) is 36.5 Å². The minimum Gasteiger partial charge on any atom is -0.493 e. The molecular formula is C32H41N3O6S.